The molecule has 0 aliphatic rings. The summed E-state index contributed by atoms with van der Waals surface area (Å²) in [5.41, 5.74) is 0.0486. The molecule has 2 aromatic heterocycles. The van der Waals surface area contributed by atoms with Gasteiger partial charge in [0.1, 0.15) is 0 Å². The lowest BCUT2D eigenvalue weighted by atomic mass is 10.1. The summed E-state index contributed by atoms with van der Waals surface area (Å²) in [5.74, 6) is 0. The summed E-state index contributed by atoms with van der Waals surface area (Å²) in [4.78, 5) is 4.98. The van der Waals surface area contributed by atoms with E-state index in [2.05, 4.69) is 20.9 Å². The van der Waals surface area contributed by atoms with E-state index in [0.29, 0.717) is 9.86 Å². The summed E-state index contributed by atoms with van der Waals surface area (Å²) in [6, 6.07) is 7.88. The minimum Gasteiger partial charge on any atom is -0.255 e. The smallest absolute Gasteiger partial charge is 0.255 e. The summed E-state index contributed by atoms with van der Waals surface area (Å²) >= 11 is 4.92. The Morgan fingerprint density at radius 2 is 1.90 bits per heavy atom. The molecule has 0 N–H and O–H groups in total. The summed E-state index contributed by atoms with van der Waals surface area (Å²) in [5, 5.41) is 2.38. The summed E-state index contributed by atoms with van der Waals surface area (Å²) in [7, 11) is 0. The van der Waals surface area contributed by atoms with Gasteiger partial charge >= 0.3 is 6.18 Å². The van der Waals surface area contributed by atoms with E-state index in [-0.39, 0.29) is 5.52 Å². The van der Waals surface area contributed by atoms with Crippen LogP contribution in [0, 0.1) is 0 Å². The van der Waals surface area contributed by atoms with Gasteiger partial charge in [0.2, 0.25) is 0 Å². The van der Waals surface area contributed by atoms with Crippen molar-refractivity contribution in [2.45, 2.75) is 6.18 Å². The Labute approximate surface area is 125 Å². The van der Waals surface area contributed by atoms with E-state index in [9.17, 15) is 13.2 Å². The van der Waals surface area contributed by atoms with E-state index >= 15 is 0 Å². The van der Waals surface area contributed by atoms with Crippen molar-refractivity contribution >= 4 is 38.2 Å². The van der Waals surface area contributed by atoms with Crippen molar-refractivity contribution in [2.75, 3.05) is 0 Å². The van der Waals surface area contributed by atoms with Gasteiger partial charge in [-0.05, 0) is 33.4 Å². The fraction of sp³-hybridized carbons (Fsp3) is 0.0714. The number of fused-ring (bicyclic) bond motifs is 1. The summed E-state index contributed by atoms with van der Waals surface area (Å²) in [6.45, 7) is 0. The van der Waals surface area contributed by atoms with Gasteiger partial charge in [-0.2, -0.15) is 13.2 Å². The minimum absolute atomic E-state index is 0.0350. The zero-order valence-corrected chi connectivity index (χ0v) is 12.3. The Morgan fingerprint density at radius 3 is 2.55 bits per heavy atom. The van der Waals surface area contributed by atoms with Gasteiger partial charge in [-0.1, -0.05) is 18.2 Å². The molecule has 0 unspecified atom stereocenters. The fourth-order valence-corrected chi connectivity index (χ4v) is 3.53. The number of benzene rings is 1. The molecule has 0 radical (unpaired) electrons. The third-order valence-corrected chi connectivity index (χ3v) is 4.68. The lowest BCUT2D eigenvalue weighted by molar-refractivity contribution is -0.136. The van der Waals surface area contributed by atoms with Crippen LogP contribution in [0.3, 0.4) is 0 Å². The first-order valence-electron chi connectivity index (χ1n) is 5.67. The van der Waals surface area contributed by atoms with Crippen LogP contribution in [0.1, 0.15) is 5.56 Å². The number of alkyl halides is 3. The lowest BCUT2D eigenvalue weighted by Crippen LogP contribution is -2.06. The molecule has 0 aliphatic heterocycles. The number of hydrogen-bond donors (Lipinski definition) is 0. The van der Waals surface area contributed by atoms with Crippen LogP contribution in [0.4, 0.5) is 13.2 Å². The molecule has 1 nitrogen and oxygen atoms in total. The van der Waals surface area contributed by atoms with Crippen LogP contribution < -0.4 is 0 Å². The van der Waals surface area contributed by atoms with Gasteiger partial charge in [-0.15, -0.1) is 11.3 Å². The Morgan fingerprint density at radius 1 is 1.10 bits per heavy atom. The van der Waals surface area contributed by atoms with Gasteiger partial charge in [0.05, 0.1) is 11.1 Å². The molecule has 1 aromatic carbocycles. The molecule has 20 heavy (non-hydrogen) atoms. The molecule has 0 aliphatic carbocycles. The highest BCUT2D eigenvalue weighted by Gasteiger charge is 2.33. The van der Waals surface area contributed by atoms with Crippen LogP contribution in [-0.2, 0) is 6.18 Å². The van der Waals surface area contributed by atoms with Crippen molar-refractivity contribution in [2.24, 2.45) is 0 Å². The first-order valence-corrected chi connectivity index (χ1v) is 7.34. The predicted octanol–water partition coefficient (Wildman–Crippen LogP) is 5.74. The average Bonchev–Trinajstić information content (AvgIpc) is 2.91. The number of halogens is 4. The number of rotatable bonds is 1. The third kappa shape index (κ3) is 2.23. The maximum absolute atomic E-state index is 13.0. The van der Waals surface area contributed by atoms with Crippen molar-refractivity contribution < 1.29 is 13.2 Å². The summed E-state index contributed by atoms with van der Waals surface area (Å²) in [6.07, 6.45) is -2.93. The zero-order valence-electron chi connectivity index (χ0n) is 9.91. The van der Waals surface area contributed by atoms with Crippen molar-refractivity contribution in [1.29, 1.82) is 0 Å². The Hall–Kier alpha value is -1.40. The quantitative estimate of drug-likeness (QED) is 0.540. The van der Waals surface area contributed by atoms with E-state index in [4.69, 9.17) is 0 Å². The highest BCUT2D eigenvalue weighted by molar-refractivity contribution is 9.10. The molecule has 2 heterocycles. The second kappa shape index (κ2) is 4.86. The second-order valence-electron chi connectivity index (χ2n) is 4.16. The number of hydrogen-bond acceptors (Lipinski definition) is 2. The molecular formula is C14H7BrF3NS. The molecule has 0 saturated heterocycles. The molecule has 0 atom stereocenters. The summed E-state index contributed by atoms with van der Waals surface area (Å²) < 4.78 is 39.5. The van der Waals surface area contributed by atoms with E-state index in [0.717, 1.165) is 16.5 Å². The number of aromatic nitrogens is 1. The normalized spacial score (nSPS) is 12.0. The zero-order chi connectivity index (χ0) is 14.3. The van der Waals surface area contributed by atoms with E-state index in [1.165, 1.54) is 23.6 Å². The number of thiophene rings is 1. The molecule has 6 heteroatoms. The molecule has 3 rings (SSSR count). The first kappa shape index (κ1) is 13.6. The molecule has 3 aromatic rings. The van der Waals surface area contributed by atoms with Crippen molar-refractivity contribution in [3.63, 3.8) is 0 Å². The van der Waals surface area contributed by atoms with Gasteiger partial charge in [-0.3, -0.25) is 4.98 Å². The lowest BCUT2D eigenvalue weighted by Gasteiger charge is -2.12. The molecule has 102 valence electrons. The molecule has 0 saturated carbocycles. The highest BCUT2D eigenvalue weighted by atomic mass is 79.9. The fourth-order valence-electron chi connectivity index (χ4n) is 2.02. The van der Waals surface area contributed by atoms with Crippen molar-refractivity contribution in [3.05, 3.63) is 51.9 Å². The largest absolute Gasteiger partial charge is 0.418 e. The second-order valence-corrected chi connectivity index (χ2v) is 5.90. The molecule has 0 bridgehead atoms. The van der Waals surface area contributed by atoms with Crippen LogP contribution in [0.15, 0.2) is 46.4 Å². The highest BCUT2D eigenvalue weighted by Crippen LogP contribution is 2.40. The SMILES string of the molecule is FC(F)(F)c1cccc2c(Br)c(-c3cccs3)cnc12. The minimum atomic E-state index is -4.41. The standard InChI is InChI=1S/C14H7BrF3NS/c15-12-8-3-1-4-10(14(16,17)18)13(8)19-7-9(12)11-5-2-6-20-11/h1-7H. The van der Waals surface area contributed by atoms with Crippen LogP contribution in [0.5, 0.6) is 0 Å². The van der Waals surface area contributed by atoms with E-state index in [1.54, 1.807) is 6.07 Å². The molecular weight excluding hydrogens is 351 g/mol. The topological polar surface area (TPSA) is 12.9 Å². The van der Waals surface area contributed by atoms with E-state index in [1.807, 2.05) is 17.5 Å². The number of nitrogens with zero attached hydrogens (tertiary/aromatic N) is 1. The van der Waals surface area contributed by atoms with Crippen molar-refractivity contribution in [3.8, 4) is 10.4 Å². The Balaban J connectivity index is 2.30. The predicted molar refractivity (Wildman–Crippen MR) is 77.8 cm³/mol. The monoisotopic (exact) mass is 357 g/mol. The maximum Gasteiger partial charge on any atom is 0.418 e. The average molecular weight is 358 g/mol. The van der Waals surface area contributed by atoms with Crippen LogP contribution >= 0.6 is 27.3 Å². The van der Waals surface area contributed by atoms with Crippen molar-refractivity contribution in [1.82, 2.24) is 4.98 Å². The van der Waals surface area contributed by atoms with Gasteiger partial charge in [0.15, 0.2) is 0 Å². The van der Waals surface area contributed by atoms with Gasteiger partial charge in [-0.25, -0.2) is 0 Å². The Kier molecular flexibility index (Phi) is 3.30. The van der Waals surface area contributed by atoms with Gasteiger partial charge in [0, 0.05) is 26.5 Å². The van der Waals surface area contributed by atoms with Crippen LogP contribution in [0.2, 0.25) is 0 Å². The number of para-hydroxylation sites is 1. The third-order valence-electron chi connectivity index (χ3n) is 2.92. The van der Waals surface area contributed by atoms with Gasteiger partial charge in [0.25, 0.3) is 0 Å². The van der Waals surface area contributed by atoms with Gasteiger partial charge < -0.3 is 0 Å². The van der Waals surface area contributed by atoms with E-state index < -0.39 is 11.7 Å². The molecule has 0 amide bonds. The molecule has 0 spiro atoms. The first-order chi connectivity index (χ1) is 9.48. The number of pyridine rings is 1. The maximum atomic E-state index is 13.0. The van der Waals surface area contributed by atoms with Crippen LogP contribution in [0.25, 0.3) is 21.3 Å². The Bertz CT molecular complexity index is 766. The molecule has 0 fully saturated rings. The van der Waals surface area contributed by atoms with Crippen LogP contribution in [-0.4, -0.2) is 4.98 Å².